The summed E-state index contributed by atoms with van der Waals surface area (Å²) >= 11 is 0. The van der Waals surface area contributed by atoms with Gasteiger partial charge in [-0.05, 0) is 74.5 Å². The Morgan fingerprint density at radius 1 is 0.549 bits per heavy atom. The first-order valence-electron chi connectivity index (χ1n) is 16.1. The van der Waals surface area contributed by atoms with E-state index in [9.17, 15) is 5.21 Å². The van der Waals surface area contributed by atoms with E-state index >= 15 is 0 Å². The van der Waals surface area contributed by atoms with E-state index in [0.29, 0.717) is 0 Å². The summed E-state index contributed by atoms with van der Waals surface area (Å²) in [6.45, 7) is 4.41. The molecule has 13 heteroatoms. The number of aromatic nitrogens is 8. The minimum absolute atomic E-state index is 0.240. The van der Waals surface area contributed by atoms with Crippen LogP contribution in [0, 0.1) is 13.8 Å². The molecule has 8 heterocycles. The van der Waals surface area contributed by atoms with Crippen LogP contribution in [0.15, 0.2) is 110 Å². The Bertz CT molecular complexity index is 2590. The maximum Gasteiger partial charge on any atom is 0.231 e. The Morgan fingerprint density at radius 2 is 1.02 bits per heavy atom. The monoisotopic (exact) mass is 677 g/mol. The van der Waals surface area contributed by atoms with E-state index in [4.69, 9.17) is 28.9 Å². The Morgan fingerprint density at radius 3 is 1.53 bits per heavy atom. The molecule has 2 aliphatic heterocycles. The second kappa shape index (κ2) is 12.1. The van der Waals surface area contributed by atoms with Gasteiger partial charge in [-0.25, -0.2) is 19.9 Å². The third kappa shape index (κ3) is 5.46. The van der Waals surface area contributed by atoms with Crippen molar-refractivity contribution < 1.29 is 28.9 Å². The predicted octanol–water partition coefficient (Wildman–Crippen LogP) is 6.17. The maximum atomic E-state index is 9.41. The van der Waals surface area contributed by atoms with Crippen LogP contribution in [-0.2, 0) is 0 Å². The smallest absolute Gasteiger partial charge is 0.231 e. The van der Waals surface area contributed by atoms with E-state index < -0.39 is 0 Å². The summed E-state index contributed by atoms with van der Waals surface area (Å²) in [7, 11) is 0. The third-order valence-corrected chi connectivity index (χ3v) is 8.66. The minimum atomic E-state index is 0.240. The van der Waals surface area contributed by atoms with E-state index in [1.807, 2.05) is 108 Å². The standard InChI is InChI=1S/C19H15N4O3.C19H14N4O2/c1-12-20-16-4-3-15(13-6-8-22(24)9-7-13)21-19(16)23(12)14-2-5-17-18(10-14)26-11-25-17;1-12-21-16-4-3-15(13-6-8-20-9-7-13)22-19(16)23(12)14-2-5-17-18(10-14)25-11-24-17/h2-10,24H,11H2,1H3;2-10H,11H2,1H3/q+1;. The lowest BCUT2D eigenvalue weighted by molar-refractivity contribution is -0.904. The molecule has 2 aromatic carbocycles. The Kier molecular flexibility index (Phi) is 7.16. The molecular weight excluding hydrogens is 648 g/mol. The Labute approximate surface area is 290 Å². The van der Waals surface area contributed by atoms with Crippen molar-refractivity contribution in [3.8, 4) is 56.9 Å². The van der Waals surface area contributed by atoms with Gasteiger partial charge in [0, 0.05) is 52.5 Å². The highest BCUT2D eigenvalue weighted by Gasteiger charge is 2.19. The van der Waals surface area contributed by atoms with Crippen LogP contribution in [-0.4, -0.2) is 52.8 Å². The van der Waals surface area contributed by atoms with E-state index in [2.05, 4.69) is 15.0 Å². The second-order valence-corrected chi connectivity index (χ2v) is 11.8. The average molecular weight is 678 g/mol. The van der Waals surface area contributed by atoms with Gasteiger partial charge in [-0.3, -0.25) is 19.3 Å². The molecule has 0 saturated carbocycles. The van der Waals surface area contributed by atoms with Crippen molar-refractivity contribution in [3.05, 3.63) is 121 Å². The first-order chi connectivity index (χ1) is 25.0. The normalized spacial score (nSPS) is 12.7. The molecule has 0 aliphatic carbocycles. The molecule has 10 rings (SSSR count). The second-order valence-electron chi connectivity index (χ2n) is 11.8. The molecule has 0 amide bonds. The van der Waals surface area contributed by atoms with Gasteiger partial charge in [-0.1, -0.05) is 0 Å². The van der Waals surface area contributed by atoms with Crippen LogP contribution in [0.4, 0.5) is 0 Å². The molecule has 51 heavy (non-hydrogen) atoms. The van der Waals surface area contributed by atoms with Crippen molar-refractivity contribution in [2.24, 2.45) is 0 Å². The van der Waals surface area contributed by atoms with Gasteiger partial charge in [0.2, 0.25) is 26.0 Å². The van der Waals surface area contributed by atoms with Crippen molar-refractivity contribution >= 4 is 22.3 Å². The van der Waals surface area contributed by atoms with Crippen LogP contribution >= 0.6 is 0 Å². The predicted molar refractivity (Wildman–Crippen MR) is 185 cm³/mol. The number of aryl methyl sites for hydroxylation is 2. The number of benzene rings is 2. The zero-order valence-electron chi connectivity index (χ0n) is 27.5. The quantitative estimate of drug-likeness (QED) is 0.170. The number of ether oxygens (including phenoxy) is 4. The SMILES string of the molecule is Cc1nc2ccc(-c3cc[n+](O)cc3)nc2n1-c1ccc2c(c1)OCO2.Cc1nc2ccc(-c3ccncc3)nc2n1-c1ccc2c(c1)OCO2. The number of imidazole rings is 2. The molecule has 0 radical (unpaired) electrons. The molecule has 0 bridgehead atoms. The highest BCUT2D eigenvalue weighted by molar-refractivity contribution is 5.79. The fourth-order valence-electron chi connectivity index (χ4n) is 6.24. The Balaban J connectivity index is 0.000000137. The zero-order valence-corrected chi connectivity index (χ0v) is 27.5. The third-order valence-electron chi connectivity index (χ3n) is 8.66. The molecule has 1 N–H and O–H groups in total. The van der Waals surface area contributed by atoms with Gasteiger partial charge < -0.3 is 18.9 Å². The molecule has 250 valence electrons. The zero-order chi connectivity index (χ0) is 34.5. The Hall–Kier alpha value is -7.02. The summed E-state index contributed by atoms with van der Waals surface area (Å²) in [5, 5.41) is 9.41. The van der Waals surface area contributed by atoms with E-state index in [0.717, 1.165) is 95.6 Å². The fourth-order valence-corrected chi connectivity index (χ4v) is 6.24. The summed E-state index contributed by atoms with van der Waals surface area (Å²) in [4.78, 5) is 23.0. The molecular formula is C38H29N8O5+. The largest absolute Gasteiger partial charge is 0.454 e. The van der Waals surface area contributed by atoms with Gasteiger partial charge in [0.25, 0.3) is 0 Å². The van der Waals surface area contributed by atoms with Crippen molar-refractivity contribution in [2.45, 2.75) is 13.8 Å². The van der Waals surface area contributed by atoms with Crippen LogP contribution in [0.3, 0.4) is 0 Å². The fraction of sp³-hybridized carbons (Fsp3) is 0.105. The van der Waals surface area contributed by atoms with Crippen LogP contribution in [0.2, 0.25) is 0 Å². The highest BCUT2D eigenvalue weighted by Crippen LogP contribution is 2.36. The van der Waals surface area contributed by atoms with E-state index in [1.54, 1.807) is 24.8 Å². The summed E-state index contributed by atoms with van der Waals surface area (Å²) in [6.07, 6.45) is 6.67. The lowest BCUT2D eigenvalue weighted by Gasteiger charge is -2.08. The van der Waals surface area contributed by atoms with Crippen LogP contribution < -0.4 is 23.7 Å². The number of nitrogens with zero attached hydrogens (tertiary/aromatic N) is 8. The lowest BCUT2D eigenvalue weighted by atomic mass is 10.2. The molecule has 13 nitrogen and oxygen atoms in total. The van der Waals surface area contributed by atoms with Crippen molar-refractivity contribution in [2.75, 3.05) is 13.6 Å². The number of hydrogen-bond donors (Lipinski definition) is 1. The van der Waals surface area contributed by atoms with Crippen molar-refractivity contribution in [3.63, 3.8) is 0 Å². The average Bonchev–Trinajstić information content (AvgIpc) is 3.95. The number of fused-ring (bicyclic) bond motifs is 4. The van der Waals surface area contributed by atoms with Crippen LogP contribution in [0.5, 0.6) is 23.0 Å². The first-order valence-corrected chi connectivity index (χ1v) is 16.1. The van der Waals surface area contributed by atoms with Gasteiger partial charge in [0.05, 0.1) is 22.8 Å². The van der Waals surface area contributed by atoms with Gasteiger partial charge in [0.1, 0.15) is 22.7 Å². The molecule has 0 unspecified atom stereocenters. The molecule has 0 fully saturated rings. The molecule has 8 aromatic rings. The first kappa shape index (κ1) is 30.1. The minimum Gasteiger partial charge on any atom is -0.454 e. The van der Waals surface area contributed by atoms with Crippen LogP contribution in [0.25, 0.3) is 56.2 Å². The number of pyridine rings is 4. The topological polar surface area (TPSA) is 135 Å². The molecule has 0 saturated heterocycles. The van der Waals surface area contributed by atoms with Gasteiger partial charge in [-0.15, -0.1) is 0 Å². The lowest BCUT2D eigenvalue weighted by Crippen LogP contribution is -2.27. The van der Waals surface area contributed by atoms with Crippen molar-refractivity contribution in [1.82, 2.24) is 34.1 Å². The maximum absolute atomic E-state index is 9.41. The molecule has 2 aliphatic rings. The number of rotatable bonds is 4. The summed E-state index contributed by atoms with van der Waals surface area (Å²) in [5.41, 5.74) is 8.73. The number of hydrogen-bond acceptors (Lipinski definition) is 10. The summed E-state index contributed by atoms with van der Waals surface area (Å²) in [5.74, 6) is 4.67. The van der Waals surface area contributed by atoms with Gasteiger partial charge >= 0.3 is 0 Å². The van der Waals surface area contributed by atoms with Gasteiger partial charge in [-0.2, -0.15) is 0 Å². The summed E-state index contributed by atoms with van der Waals surface area (Å²) < 4.78 is 26.8. The molecule has 0 spiro atoms. The van der Waals surface area contributed by atoms with Crippen molar-refractivity contribution in [1.29, 1.82) is 0 Å². The molecule has 6 aromatic heterocycles. The summed E-state index contributed by atoms with van der Waals surface area (Å²) in [6, 6.07) is 27.0. The molecule has 0 atom stereocenters. The van der Waals surface area contributed by atoms with Gasteiger partial charge in [0.15, 0.2) is 34.3 Å². The van der Waals surface area contributed by atoms with Crippen LogP contribution in [0.1, 0.15) is 11.6 Å². The van der Waals surface area contributed by atoms with E-state index in [-0.39, 0.29) is 13.6 Å². The van der Waals surface area contributed by atoms with E-state index in [1.165, 1.54) is 0 Å². The highest BCUT2D eigenvalue weighted by atomic mass is 16.7.